The lowest BCUT2D eigenvalue weighted by molar-refractivity contribution is -0.155. The summed E-state index contributed by atoms with van der Waals surface area (Å²) in [5.41, 5.74) is 3.08. The molecule has 0 spiro atoms. The van der Waals surface area contributed by atoms with Crippen molar-refractivity contribution < 1.29 is 48.1 Å². The molecule has 0 aliphatic carbocycles. The molecule has 1 aromatic rings. The fraction of sp³-hybridized carbons (Fsp3) is 0.526. The van der Waals surface area contributed by atoms with Crippen LogP contribution in [0.1, 0.15) is 71.8 Å². The number of phenolic OH excluding ortho intramolecular Hbond substituents is 1. The second-order valence-electron chi connectivity index (χ2n) is 13.8. The number of phenols is 1. The van der Waals surface area contributed by atoms with E-state index in [1.807, 2.05) is 0 Å². The molecule has 6 unspecified atom stereocenters. The summed E-state index contributed by atoms with van der Waals surface area (Å²) < 4.78 is 20.0. The number of fused-ring (bicyclic) bond motifs is 2. The molecule has 13 nitrogen and oxygen atoms in total. The highest BCUT2D eigenvalue weighted by Gasteiger charge is 2.37. The van der Waals surface area contributed by atoms with Gasteiger partial charge in [-0.1, -0.05) is 45.1 Å². The van der Waals surface area contributed by atoms with E-state index >= 15 is 0 Å². The average Bonchev–Trinajstić information content (AvgIpc) is 3.08. The topological polar surface area (TPSA) is 191 Å². The summed E-state index contributed by atoms with van der Waals surface area (Å²) in [5.74, 6) is -5.95. The Morgan fingerprint density at radius 1 is 1.08 bits per heavy atom. The zero-order chi connectivity index (χ0) is 38.4. The lowest BCUT2D eigenvalue weighted by Gasteiger charge is -2.36. The largest absolute Gasteiger partial charge is 0.508 e. The number of carbonyl (C=O) groups excluding carboxylic acids is 6. The number of aromatic hydroxyl groups is 1. The molecular formula is C38H51FN4O9. The van der Waals surface area contributed by atoms with Gasteiger partial charge in [-0.3, -0.25) is 29.0 Å². The van der Waals surface area contributed by atoms with Crippen molar-refractivity contribution >= 4 is 35.8 Å². The van der Waals surface area contributed by atoms with Crippen molar-refractivity contribution in [3.8, 4) is 5.75 Å². The van der Waals surface area contributed by atoms with Crippen molar-refractivity contribution in [3.05, 3.63) is 66.0 Å². The third kappa shape index (κ3) is 12.8. The molecule has 0 aromatic heterocycles. The summed E-state index contributed by atoms with van der Waals surface area (Å²) in [4.78, 5) is 78.0. The minimum absolute atomic E-state index is 0.0319. The second-order valence-corrected chi connectivity index (χ2v) is 13.8. The van der Waals surface area contributed by atoms with Crippen molar-refractivity contribution in [2.75, 3.05) is 6.54 Å². The standard InChI is InChI=1S/C38H51FN4O9/c1-23(2)33-36(49)40-32(21-26-19-27(39)22-28(46)20-26)37(50)43-17-9-14-31(42-43)38(51)52-29(13-10-18-44)12-8-6-5-7-11-24(3)34(47)30(35(48)41-33)16-15-25(4)45/h5-8,10,13,18-20,22-24,29-34,42,46-47H,9,11-12,14-17,21H2,1-4H3,(H,40,49)(H,41,48)/b7-5+,8-6+,13-10+/t24?,29-,30?,31?,32?,33?,34?/m0/s1. The number of allylic oxidation sites excluding steroid dienone is 4. The molecule has 2 bridgehead atoms. The molecule has 1 fully saturated rings. The van der Waals surface area contributed by atoms with Gasteiger partial charge in [0, 0.05) is 31.9 Å². The Hall–Kier alpha value is -4.69. The number of benzene rings is 1. The maximum Gasteiger partial charge on any atom is 0.325 e. The number of hydrazine groups is 1. The number of cyclic esters (lactones) is 1. The van der Waals surface area contributed by atoms with Gasteiger partial charge in [-0.25, -0.2) is 9.82 Å². The Morgan fingerprint density at radius 3 is 2.44 bits per heavy atom. The van der Waals surface area contributed by atoms with Gasteiger partial charge in [0.05, 0.1) is 12.0 Å². The van der Waals surface area contributed by atoms with Crippen LogP contribution < -0.4 is 16.1 Å². The minimum Gasteiger partial charge on any atom is -0.508 e. The van der Waals surface area contributed by atoms with Gasteiger partial charge < -0.3 is 30.4 Å². The molecule has 14 heteroatoms. The summed E-state index contributed by atoms with van der Waals surface area (Å²) in [6.07, 6.45) is 9.43. The normalized spacial score (nSPS) is 28.6. The number of rotatable bonds is 8. The Labute approximate surface area is 303 Å². The van der Waals surface area contributed by atoms with Crippen molar-refractivity contribution in [3.63, 3.8) is 0 Å². The first-order valence-electron chi connectivity index (χ1n) is 17.7. The predicted octanol–water partition coefficient (Wildman–Crippen LogP) is 2.75. The molecule has 1 aromatic carbocycles. The zero-order valence-electron chi connectivity index (χ0n) is 30.1. The number of halogens is 1. The molecule has 1 saturated heterocycles. The Bertz CT molecular complexity index is 1510. The quantitative estimate of drug-likeness (QED) is 0.151. The smallest absolute Gasteiger partial charge is 0.325 e. The van der Waals surface area contributed by atoms with Crippen molar-refractivity contribution in [1.82, 2.24) is 21.1 Å². The van der Waals surface area contributed by atoms with Gasteiger partial charge in [-0.2, -0.15) is 0 Å². The molecule has 284 valence electrons. The van der Waals surface area contributed by atoms with Crippen LogP contribution >= 0.6 is 0 Å². The van der Waals surface area contributed by atoms with Crippen LogP contribution in [0.4, 0.5) is 4.39 Å². The molecular weight excluding hydrogens is 675 g/mol. The van der Waals surface area contributed by atoms with E-state index in [4.69, 9.17) is 4.74 Å². The van der Waals surface area contributed by atoms with E-state index in [-0.39, 0.29) is 49.3 Å². The number of aliphatic hydroxyl groups is 1. The zero-order valence-corrected chi connectivity index (χ0v) is 30.1. The number of nitrogens with one attached hydrogen (secondary N) is 3. The van der Waals surface area contributed by atoms with Gasteiger partial charge in [-0.05, 0) is 74.3 Å². The van der Waals surface area contributed by atoms with E-state index in [1.165, 1.54) is 30.2 Å². The van der Waals surface area contributed by atoms with Crippen LogP contribution in [0.25, 0.3) is 0 Å². The number of aldehydes is 1. The molecule has 3 amide bonds. The van der Waals surface area contributed by atoms with E-state index < -0.39 is 77.6 Å². The van der Waals surface area contributed by atoms with E-state index in [1.54, 1.807) is 45.1 Å². The van der Waals surface area contributed by atoms with Gasteiger partial charge in [0.25, 0.3) is 5.91 Å². The van der Waals surface area contributed by atoms with E-state index in [0.29, 0.717) is 25.5 Å². The monoisotopic (exact) mass is 726 g/mol. The summed E-state index contributed by atoms with van der Waals surface area (Å²) >= 11 is 0. The lowest BCUT2D eigenvalue weighted by atomic mass is 9.85. The van der Waals surface area contributed by atoms with Crippen molar-refractivity contribution in [2.24, 2.45) is 17.8 Å². The van der Waals surface area contributed by atoms with Crippen LogP contribution in [-0.4, -0.2) is 87.9 Å². The Kier molecular flexibility index (Phi) is 16.4. The highest BCUT2D eigenvalue weighted by atomic mass is 19.1. The molecule has 2 aliphatic heterocycles. The van der Waals surface area contributed by atoms with Crippen LogP contribution in [-0.2, 0) is 39.9 Å². The summed E-state index contributed by atoms with van der Waals surface area (Å²) in [6, 6.07) is -0.187. The highest BCUT2D eigenvalue weighted by molar-refractivity contribution is 5.93. The van der Waals surface area contributed by atoms with Crippen molar-refractivity contribution in [2.45, 2.75) is 103 Å². The first kappa shape index (κ1) is 41.7. The molecule has 7 atom stereocenters. The van der Waals surface area contributed by atoms with Gasteiger partial charge in [0.15, 0.2) is 0 Å². The molecule has 5 N–H and O–H groups in total. The van der Waals surface area contributed by atoms with Crippen LogP contribution in [0.2, 0.25) is 0 Å². The van der Waals surface area contributed by atoms with Gasteiger partial charge in [-0.15, -0.1) is 0 Å². The number of hydrogen-bond acceptors (Lipinski definition) is 10. The molecule has 52 heavy (non-hydrogen) atoms. The van der Waals surface area contributed by atoms with E-state index in [9.17, 15) is 43.4 Å². The molecule has 2 aliphatic rings. The Morgan fingerprint density at radius 2 is 1.79 bits per heavy atom. The first-order valence-corrected chi connectivity index (χ1v) is 17.7. The first-order chi connectivity index (χ1) is 24.7. The Balaban J connectivity index is 2.04. The highest BCUT2D eigenvalue weighted by Crippen LogP contribution is 2.24. The van der Waals surface area contributed by atoms with Crippen molar-refractivity contribution in [1.29, 1.82) is 0 Å². The fourth-order valence-electron chi connectivity index (χ4n) is 6.13. The summed E-state index contributed by atoms with van der Waals surface area (Å²) in [5, 5.41) is 28.0. The minimum atomic E-state index is -1.34. The third-order valence-corrected chi connectivity index (χ3v) is 9.05. The number of Topliss-reactive ketones (excluding diaryl/α,β-unsaturated/α-hetero) is 1. The maximum atomic E-state index is 14.3. The predicted molar refractivity (Wildman–Crippen MR) is 190 cm³/mol. The fourth-order valence-corrected chi connectivity index (χ4v) is 6.13. The number of ether oxygens (including phenoxy) is 1. The number of nitrogens with zero attached hydrogens (tertiary/aromatic N) is 1. The van der Waals surface area contributed by atoms with Gasteiger partial charge >= 0.3 is 5.97 Å². The van der Waals surface area contributed by atoms with Crippen LogP contribution in [0.15, 0.2) is 54.7 Å². The molecule has 2 heterocycles. The second kappa shape index (κ2) is 20.4. The number of hydrogen-bond donors (Lipinski definition) is 5. The lowest BCUT2D eigenvalue weighted by Crippen LogP contribution is -2.62. The SMILES string of the molecule is CC(=O)CCC1C(=O)NC(C(C)C)C(=O)NC(Cc2cc(O)cc(F)c2)C(=O)N2CCCC(N2)C(=O)O[C@H](/C=C/C=O)C/C=C/C=C/CC(C)C1O. The third-order valence-electron chi connectivity index (χ3n) is 9.05. The number of aliphatic hydroxyl groups excluding tert-OH is 1. The average molecular weight is 727 g/mol. The van der Waals surface area contributed by atoms with Crippen LogP contribution in [0.3, 0.4) is 0 Å². The van der Waals surface area contributed by atoms with Gasteiger partial charge in [0.2, 0.25) is 11.8 Å². The van der Waals surface area contributed by atoms with E-state index in [0.717, 1.165) is 12.1 Å². The van der Waals surface area contributed by atoms with Gasteiger partial charge in [0.1, 0.15) is 47.9 Å². The number of carbonyl (C=O) groups is 6. The molecule has 3 rings (SSSR count). The summed E-state index contributed by atoms with van der Waals surface area (Å²) in [6.45, 7) is 6.69. The van der Waals surface area contributed by atoms with Crippen LogP contribution in [0.5, 0.6) is 5.75 Å². The molecule has 0 radical (unpaired) electrons. The number of esters is 1. The maximum absolute atomic E-state index is 14.3. The summed E-state index contributed by atoms with van der Waals surface area (Å²) in [7, 11) is 0. The number of amides is 3. The van der Waals surface area contributed by atoms with Crippen LogP contribution in [0, 0.1) is 23.6 Å². The molecule has 0 saturated carbocycles. The van der Waals surface area contributed by atoms with E-state index in [2.05, 4.69) is 16.1 Å². The number of ketones is 1.